The molecule has 0 bridgehead atoms. The van der Waals surface area contributed by atoms with Gasteiger partial charge < -0.3 is 13.9 Å². The molecule has 0 amide bonds. The molecule has 0 aromatic carbocycles. The zero-order valence-corrected chi connectivity index (χ0v) is 11.2. The first kappa shape index (κ1) is 14.1. The van der Waals surface area contributed by atoms with Gasteiger partial charge >= 0.3 is 0 Å². The molecule has 0 unspecified atom stereocenters. The maximum atomic E-state index is 5.58. The highest BCUT2D eigenvalue weighted by atomic mass is 28.2. The lowest BCUT2D eigenvalue weighted by molar-refractivity contribution is -0.247. The van der Waals surface area contributed by atoms with E-state index < -0.39 is 16.2 Å². The first-order chi connectivity index (χ1) is 6.85. The third kappa shape index (κ3) is 8.68. The predicted molar refractivity (Wildman–Crippen MR) is 61.0 cm³/mol. The Morgan fingerprint density at radius 1 is 0.929 bits per heavy atom. The van der Waals surface area contributed by atoms with Crippen molar-refractivity contribution in [3.63, 3.8) is 0 Å². The highest BCUT2D eigenvalue weighted by Gasteiger charge is 2.07. The number of hydrogen-bond acceptors (Lipinski definition) is 3. The van der Waals surface area contributed by atoms with E-state index in [-0.39, 0.29) is 0 Å². The predicted octanol–water partition coefficient (Wildman–Crippen LogP) is 2.05. The van der Waals surface area contributed by atoms with Crippen molar-refractivity contribution >= 4 is 9.76 Å². The molecule has 3 nitrogen and oxygen atoms in total. The molecule has 86 valence electrons. The van der Waals surface area contributed by atoms with Crippen molar-refractivity contribution in [2.24, 2.45) is 0 Å². The van der Waals surface area contributed by atoms with Crippen LogP contribution in [0.5, 0.6) is 0 Å². The molecule has 0 rings (SSSR count). The molecule has 0 saturated carbocycles. The van der Waals surface area contributed by atoms with E-state index in [9.17, 15) is 0 Å². The lowest BCUT2D eigenvalue weighted by Crippen LogP contribution is -2.23. The molecular weight excluding hydrogens is 196 g/mol. The van der Waals surface area contributed by atoms with E-state index in [4.69, 9.17) is 13.9 Å². The second-order valence-electron chi connectivity index (χ2n) is 3.25. The standard InChI is InChI=1S/C10H24O3Si/c1-4-7-11-10(12-8-5-2)13-14-9-6-3/h10H,4-9,14H2,1-3H3. The largest absolute Gasteiger partial charge is 0.379 e. The van der Waals surface area contributed by atoms with Gasteiger partial charge in [-0.2, -0.15) is 0 Å². The van der Waals surface area contributed by atoms with Crippen LogP contribution in [-0.4, -0.2) is 29.5 Å². The smallest absolute Gasteiger partial charge is 0.261 e. The van der Waals surface area contributed by atoms with Crippen LogP contribution in [0.4, 0.5) is 0 Å². The van der Waals surface area contributed by atoms with E-state index in [0.29, 0.717) is 0 Å². The summed E-state index contributed by atoms with van der Waals surface area (Å²) in [6, 6.07) is 1.20. The normalized spacial score (nSPS) is 12.0. The van der Waals surface area contributed by atoms with Gasteiger partial charge in [-0.15, -0.1) is 0 Å². The molecule has 0 aliphatic carbocycles. The van der Waals surface area contributed by atoms with Crippen LogP contribution >= 0.6 is 0 Å². The molecule has 4 heteroatoms. The SMILES string of the molecule is CCCOC(OCCC)O[SiH2]CCC. The van der Waals surface area contributed by atoms with Crippen LogP contribution in [0.15, 0.2) is 0 Å². The fourth-order valence-corrected chi connectivity index (χ4v) is 1.74. The first-order valence-electron chi connectivity index (χ1n) is 5.69. The number of rotatable bonds is 10. The molecule has 14 heavy (non-hydrogen) atoms. The van der Waals surface area contributed by atoms with Crippen molar-refractivity contribution in [1.82, 2.24) is 0 Å². The van der Waals surface area contributed by atoms with E-state index in [1.54, 1.807) is 0 Å². The molecule has 0 spiro atoms. The van der Waals surface area contributed by atoms with Gasteiger partial charge in [0.2, 0.25) is 0 Å². The lowest BCUT2D eigenvalue weighted by atomic mass is 10.5. The van der Waals surface area contributed by atoms with Gasteiger partial charge in [0.05, 0.1) is 13.2 Å². The fraction of sp³-hybridized carbons (Fsp3) is 1.00. The van der Waals surface area contributed by atoms with E-state index in [1.165, 1.54) is 12.5 Å². The summed E-state index contributed by atoms with van der Waals surface area (Å²) in [5, 5.41) is 0. The second-order valence-corrected chi connectivity index (χ2v) is 4.70. The number of ether oxygens (including phenoxy) is 2. The minimum Gasteiger partial charge on any atom is -0.379 e. The Morgan fingerprint density at radius 3 is 1.93 bits per heavy atom. The van der Waals surface area contributed by atoms with Crippen LogP contribution in [-0.2, 0) is 13.9 Å². The van der Waals surface area contributed by atoms with Gasteiger partial charge in [0.25, 0.3) is 6.48 Å². The first-order valence-corrected chi connectivity index (χ1v) is 7.27. The maximum absolute atomic E-state index is 5.58. The Hall–Kier alpha value is 0.0969. The monoisotopic (exact) mass is 220 g/mol. The Bertz CT molecular complexity index is 104. The van der Waals surface area contributed by atoms with Gasteiger partial charge in [-0.3, -0.25) is 0 Å². The summed E-state index contributed by atoms with van der Waals surface area (Å²) in [5.41, 5.74) is 0. The van der Waals surface area contributed by atoms with Gasteiger partial charge in [0.15, 0.2) is 9.76 Å². The van der Waals surface area contributed by atoms with Crippen LogP contribution in [0.1, 0.15) is 40.0 Å². The summed E-state index contributed by atoms with van der Waals surface area (Å²) < 4.78 is 16.4. The quantitative estimate of drug-likeness (QED) is 0.320. The highest BCUT2D eigenvalue weighted by molar-refractivity contribution is 6.26. The topological polar surface area (TPSA) is 27.7 Å². The van der Waals surface area contributed by atoms with Gasteiger partial charge in [-0.05, 0) is 18.9 Å². The van der Waals surface area contributed by atoms with E-state index in [0.717, 1.165) is 26.1 Å². The molecule has 0 aromatic heterocycles. The Kier molecular flexibility index (Phi) is 11.3. The van der Waals surface area contributed by atoms with Crippen LogP contribution in [0.3, 0.4) is 0 Å². The summed E-state index contributed by atoms with van der Waals surface area (Å²) in [4.78, 5) is 0. The lowest BCUT2D eigenvalue weighted by Gasteiger charge is -2.18. The average molecular weight is 220 g/mol. The van der Waals surface area contributed by atoms with Crippen LogP contribution in [0, 0.1) is 0 Å². The summed E-state index contributed by atoms with van der Waals surface area (Å²) in [6.45, 7) is 7.38. The highest BCUT2D eigenvalue weighted by Crippen LogP contribution is 2.01. The molecular formula is C10H24O3Si. The molecule has 0 radical (unpaired) electrons. The fourth-order valence-electron chi connectivity index (χ4n) is 0.896. The third-order valence-corrected chi connectivity index (χ3v) is 3.17. The van der Waals surface area contributed by atoms with Gasteiger partial charge in [0, 0.05) is 0 Å². The molecule has 0 N–H and O–H groups in total. The minimum atomic E-state index is -0.442. The van der Waals surface area contributed by atoms with Gasteiger partial charge in [-0.25, -0.2) is 0 Å². The maximum Gasteiger partial charge on any atom is 0.261 e. The van der Waals surface area contributed by atoms with Crippen LogP contribution in [0.25, 0.3) is 0 Å². The van der Waals surface area contributed by atoms with Gasteiger partial charge in [-0.1, -0.05) is 27.2 Å². The molecule has 0 aliphatic rings. The Labute approximate surface area is 90.1 Å². The second kappa shape index (κ2) is 11.2. The molecule has 0 aromatic rings. The third-order valence-electron chi connectivity index (χ3n) is 1.67. The zero-order chi connectivity index (χ0) is 10.6. The zero-order valence-electron chi connectivity index (χ0n) is 9.75. The van der Waals surface area contributed by atoms with Crippen molar-refractivity contribution in [3.05, 3.63) is 0 Å². The van der Waals surface area contributed by atoms with Gasteiger partial charge in [0.1, 0.15) is 0 Å². The Morgan fingerprint density at radius 2 is 1.50 bits per heavy atom. The van der Waals surface area contributed by atoms with E-state index in [2.05, 4.69) is 20.8 Å². The summed E-state index contributed by atoms with van der Waals surface area (Å²) >= 11 is 0. The molecule has 0 fully saturated rings. The molecule has 0 saturated heterocycles. The van der Waals surface area contributed by atoms with Crippen LogP contribution in [0.2, 0.25) is 6.04 Å². The van der Waals surface area contributed by atoms with Crippen molar-refractivity contribution in [3.8, 4) is 0 Å². The summed E-state index contributed by atoms with van der Waals surface area (Å²) in [7, 11) is -0.442. The van der Waals surface area contributed by atoms with Crippen LogP contribution < -0.4 is 0 Å². The van der Waals surface area contributed by atoms with Crippen molar-refractivity contribution < 1.29 is 13.9 Å². The van der Waals surface area contributed by atoms with Crippen molar-refractivity contribution in [1.29, 1.82) is 0 Å². The van der Waals surface area contributed by atoms with E-state index >= 15 is 0 Å². The number of hydrogen-bond donors (Lipinski definition) is 0. The van der Waals surface area contributed by atoms with Crippen molar-refractivity contribution in [2.45, 2.75) is 52.6 Å². The minimum absolute atomic E-state index is 0.395. The summed E-state index contributed by atoms with van der Waals surface area (Å²) in [6.07, 6.45) is 3.20. The molecule has 0 aliphatic heterocycles. The van der Waals surface area contributed by atoms with E-state index in [1.807, 2.05) is 0 Å². The molecule has 0 heterocycles. The molecule has 0 atom stereocenters. The average Bonchev–Trinajstić information content (AvgIpc) is 2.21. The Balaban J connectivity index is 3.49. The summed E-state index contributed by atoms with van der Waals surface area (Å²) in [5.74, 6) is 0. The van der Waals surface area contributed by atoms with Crippen molar-refractivity contribution in [2.75, 3.05) is 13.2 Å².